The van der Waals surface area contributed by atoms with Gasteiger partial charge in [-0.25, -0.2) is 4.39 Å². The summed E-state index contributed by atoms with van der Waals surface area (Å²) in [5.41, 5.74) is 0.427. The lowest BCUT2D eigenvalue weighted by Crippen LogP contribution is -2.40. The van der Waals surface area contributed by atoms with Crippen molar-refractivity contribution in [1.29, 1.82) is 0 Å². The van der Waals surface area contributed by atoms with Gasteiger partial charge in [0.2, 0.25) is 5.91 Å². The Balaban J connectivity index is 1.91. The summed E-state index contributed by atoms with van der Waals surface area (Å²) in [5, 5.41) is 14.9. The average Bonchev–Trinajstić information content (AvgIpc) is 2.77. The number of aliphatic hydroxyl groups excluding tert-OH is 1. The van der Waals surface area contributed by atoms with Crippen LogP contribution in [0.4, 0.5) is 4.39 Å². The quantitative estimate of drug-likeness (QED) is 0.777. The molecule has 1 aromatic carbocycles. The van der Waals surface area contributed by atoms with Crippen LogP contribution < -0.4 is 10.6 Å². The zero-order valence-electron chi connectivity index (χ0n) is 9.62. The highest BCUT2D eigenvalue weighted by Gasteiger charge is 2.27. The van der Waals surface area contributed by atoms with E-state index in [0.717, 1.165) is 4.47 Å². The minimum atomic E-state index is -0.483. The van der Waals surface area contributed by atoms with Gasteiger partial charge in [0.1, 0.15) is 5.82 Å². The van der Waals surface area contributed by atoms with E-state index in [1.54, 1.807) is 12.1 Å². The van der Waals surface area contributed by atoms with Crippen LogP contribution in [0.5, 0.6) is 0 Å². The minimum Gasteiger partial charge on any atom is -0.392 e. The first kappa shape index (κ1) is 13.5. The van der Waals surface area contributed by atoms with E-state index in [1.807, 2.05) is 0 Å². The Bertz CT molecular complexity index is 456. The molecule has 1 fully saturated rings. The molecule has 0 bridgehead atoms. The molecule has 2 atom stereocenters. The van der Waals surface area contributed by atoms with Crippen LogP contribution in [0.25, 0.3) is 0 Å². The zero-order valence-corrected chi connectivity index (χ0v) is 11.2. The Kier molecular flexibility index (Phi) is 4.31. The molecule has 0 aromatic heterocycles. The molecule has 1 heterocycles. The van der Waals surface area contributed by atoms with Gasteiger partial charge in [-0.15, -0.1) is 0 Å². The van der Waals surface area contributed by atoms with E-state index in [2.05, 4.69) is 26.6 Å². The van der Waals surface area contributed by atoms with Crippen molar-refractivity contribution in [2.24, 2.45) is 0 Å². The van der Waals surface area contributed by atoms with Crippen molar-refractivity contribution in [3.8, 4) is 0 Å². The molecule has 1 amide bonds. The van der Waals surface area contributed by atoms with Gasteiger partial charge in [-0.3, -0.25) is 4.79 Å². The standard InChI is InChI=1S/C12H14BrFN2O2/c13-8-1-2-10(14)7(3-8)5-16-12(18)11-4-9(17)6-15-11/h1-3,9,11,15,17H,4-6H2,(H,16,18). The number of hydrogen-bond donors (Lipinski definition) is 3. The van der Waals surface area contributed by atoms with Crippen LogP contribution in [-0.4, -0.2) is 29.7 Å². The van der Waals surface area contributed by atoms with E-state index in [-0.39, 0.29) is 18.3 Å². The summed E-state index contributed by atoms with van der Waals surface area (Å²) < 4.78 is 14.2. The number of β-amino-alcohol motifs (C(OH)–C–C–N with tert-alkyl or cyclic N) is 1. The van der Waals surface area contributed by atoms with Crippen molar-refractivity contribution in [1.82, 2.24) is 10.6 Å². The SMILES string of the molecule is O=C(NCc1cc(Br)ccc1F)C1CC(O)CN1. The molecule has 3 N–H and O–H groups in total. The van der Waals surface area contributed by atoms with Crippen LogP contribution in [0.3, 0.4) is 0 Å². The molecule has 0 aliphatic carbocycles. The van der Waals surface area contributed by atoms with Crippen molar-refractivity contribution in [2.75, 3.05) is 6.54 Å². The molecule has 1 aliphatic rings. The highest BCUT2D eigenvalue weighted by molar-refractivity contribution is 9.10. The molecule has 2 rings (SSSR count). The van der Waals surface area contributed by atoms with Gasteiger partial charge in [0.15, 0.2) is 0 Å². The first-order valence-corrected chi connectivity index (χ1v) is 6.48. The number of carbonyl (C=O) groups is 1. The lowest BCUT2D eigenvalue weighted by molar-refractivity contribution is -0.123. The van der Waals surface area contributed by atoms with Crippen LogP contribution in [0, 0.1) is 5.82 Å². The van der Waals surface area contributed by atoms with Crippen molar-refractivity contribution < 1.29 is 14.3 Å². The van der Waals surface area contributed by atoms with Gasteiger partial charge in [0, 0.05) is 23.1 Å². The fraction of sp³-hybridized carbons (Fsp3) is 0.417. The molecule has 4 nitrogen and oxygen atoms in total. The number of carbonyl (C=O) groups excluding carboxylic acids is 1. The first-order chi connectivity index (χ1) is 8.56. The fourth-order valence-corrected chi connectivity index (χ4v) is 2.31. The Morgan fingerprint density at radius 1 is 1.61 bits per heavy atom. The van der Waals surface area contributed by atoms with Gasteiger partial charge in [-0.2, -0.15) is 0 Å². The van der Waals surface area contributed by atoms with E-state index >= 15 is 0 Å². The topological polar surface area (TPSA) is 61.4 Å². The predicted octanol–water partition coefficient (Wildman–Crippen LogP) is 0.927. The summed E-state index contributed by atoms with van der Waals surface area (Å²) in [6.45, 7) is 0.557. The molecule has 6 heteroatoms. The third-order valence-electron chi connectivity index (χ3n) is 2.88. The summed E-state index contributed by atoms with van der Waals surface area (Å²) in [7, 11) is 0. The maximum atomic E-state index is 13.4. The zero-order chi connectivity index (χ0) is 13.1. The molecule has 1 aromatic rings. The fourth-order valence-electron chi connectivity index (χ4n) is 1.90. The van der Waals surface area contributed by atoms with Gasteiger partial charge in [-0.05, 0) is 24.6 Å². The molecule has 1 saturated heterocycles. The van der Waals surface area contributed by atoms with Crippen LogP contribution in [-0.2, 0) is 11.3 Å². The first-order valence-electron chi connectivity index (χ1n) is 5.69. The number of halogens is 2. The molecule has 1 aliphatic heterocycles. The van der Waals surface area contributed by atoms with Crippen LogP contribution in [0.2, 0.25) is 0 Å². The Hall–Kier alpha value is -0.980. The van der Waals surface area contributed by atoms with Crippen molar-refractivity contribution in [3.05, 3.63) is 34.1 Å². The number of nitrogens with one attached hydrogen (secondary N) is 2. The van der Waals surface area contributed by atoms with Crippen LogP contribution in [0.1, 0.15) is 12.0 Å². The van der Waals surface area contributed by atoms with Crippen LogP contribution >= 0.6 is 15.9 Å². The smallest absolute Gasteiger partial charge is 0.237 e. The maximum Gasteiger partial charge on any atom is 0.237 e. The van der Waals surface area contributed by atoms with Gasteiger partial charge in [0.25, 0.3) is 0 Å². The van der Waals surface area contributed by atoms with Gasteiger partial charge < -0.3 is 15.7 Å². The number of rotatable bonds is 3. The van der Waals surface area contributed by atoms with E-state index < -0.39 is 12.1 Å². The summed E-state index contributed by atoms with van der Waals surface area (Å²) in [6.07, 6.45) is -0.0874. The summed E-state index contributed by atoms with van der Waals surface area (Å²) in [4.78, 5) is 11.7. The minimum absolute atomic E-state index is 0.137. The van der Waals surface area contributed by atoms with Crippen molar-refractivity contribution in [3.63, 3.8) is 0 Å². The maximum absolute atomic E-state index is 13.4. The predicted molar refractivity (Wildman–Crippen MR) is 68.4 cm³/mol. The Morgan fingerprint density at radius 2 is 2.39 bits per heavy atom. The molecule has 0 radical (unpaired) electrons. The van der Waals surface area contributed by atoms with Crippen molar-refractivity contribution in [2.45, 2.75) is 25.1 Å². The number of benzene rings is 1. The third-order valence-corrected chi connectivity index (χ3v) is 3.38. The normalized spacial score (nSPS) is 23.1. The molecular formula is C12H14BrFN2O2. The number of aliphatic hydroxyl groups is 1. The molecule has 18 heavy (non-hydrogen) atoms. The lowest BCUT2D eigenvalue weighted by atomic mass is 10.1. The monoisotopic (exact) mass is 316 g/mol. The van der Waals surface area contributed by atoms with Gasteiger partial charge in [-0.1, -0.05) is 15.9 Å². The number of hydrogen-bond acceptors (Lipinski definition) is 3. The summed E-state index contributed by atoms with van der Waals surface area (Å²) in [5.74, 6) is -0.566. The largest absolute Gasteiger partial charge is 0.392 e. The lowest BCUT2D eigenvalue weighted by Gasteiger charge is -2.11. The molecule has 0 spiro atoms. The second-order valence-electron chi connectivity index (χ2n) is 4.30. The Morgan fingerprint density at radius 3 is 3.06 bits per heavy atom. The highest BCUT2D eigenvalue weighted by atomic mass is 79.9. The second-order valence-corrected chi connectivity index (χ2v) is 5.22. The number of amides is 1. The third kappa shape index (κ3) is 3.28. The molecule has 0 saturated carbocycles. The second kappa shape index (κ2) is 5.77. The van der Waals surface area contributed by atoms with E-state index in [9.17, 15) is 14.3 Å². The van der Waals surface area contributed by atoms with Crippen LogP contribution in [0.15, 0.2) is 22.7 Å². The van der Waals surface area contributed by atoms with E-state index in [1.165, 1.54) is 6.07 Å². The molecule has 98 valence electrons. The molecular weight excluding hydrogens is 303 g/mol. The van der Waals surface area contributed by atoms with E-state index in [0.29, 0.717) is 18.5 Å². The highest BCUT2D eigenvalue weighted by Crippen LogP contribution is 2.15. The van der Waals surface area contributed by atoms with Gasteiger partial charge in [0.05, 0.1) is 12.1 Å². The average molecular weight is 317 g/mol. The summed E-state index contributed by atoms with van der Waals surface area (Å²) in [6, 6.07) is 4.20. The van der Waals surface area contributed by atoms with Crippen molar-refractivity contribution >= 4 is 21.8 Å². The Labute approximate surface area is 113 Å². The summed E-state index contributed by atoms with van der Waals surface area (Å²) >= 11 is 3.25. The molecule has 2 unspecified atom stereocenters. The van der Waals surface area contributed by atoms with Gasteiger partial charge >= 0.3 is 0 Å². The van der Waals surface area contributed by atoms with E-state index in [4.69, 9.17) is 0 Å².